The lowest BCUT2D eigenvalue weighted by Crippen LogP contribution is -2.39. The number of hydrogen-bond acceptors (Lipinski definition) is 4. The second-order valence-corrected chi connectivity index (χ2v) is 6.73. The lowest BCUT2D eigenvalue weighted by atomic mass is 10.2. The monoisotopic (exact) mass is 483 g/mol. The standard InChI is InChI=1S/C17H29N3O3S.HI/c1-18-17(19-9-6-11-23-13-12-22-2)20-10-14-24(21)15-16-7-4-3-5-8-16;/h3-5,7-8H,6,9-15H2,1-2H3,(H2,18,19,20);1H. The Morgan fingerprint density at radius 2 is 1.84 bits per heavy atom. The van der Waals surface area contributed by atoms with Crippen molar-refractivity contribution in [1.29, 1.82) is 0 Å². The summed E-state index contributed by atoms with van der Waals surface area (Å²) in [4.78, 5) is 4.15. The van der Waals surface area contributed by atoms with Crippen LogP contribution in [0, 0.1) is 0 Å². The van der Waals surface area contributed by atoms with Gasteiger partial charge in [-0.25, -0.2) is 0 Å². The summed E-state index contributed by atoms with van der Waals surface area (Å²) in [6.07, 6.45) is 0.893. The van der Waals surface area contributed by atoms with Crippen molar-refractivity contribution in [1.82, 2.24) is 10.6 Å². The van der Waals surface area contributed by atoms with Gasteiger partial charge in [0.15, 0.2) is 5.96 Å². The van der Waals surface area contributed by atoms with Crippen molar-refractivity contribution >= 4 is 40.7 Å². The Kier molecular flexibility index (Phi) is 16.3. The first-order chi connectivity index (χ1) is 11.8. The van der Waals surface area contributed by atoms with E-state index in [0.29, 0.717) is 37.9 Å². The number of halogens is 1. The van der Waals surface area contributed by atoms with Crippen LogP contribution >= 0.6 is 24.0 Å². The van der Waals surface area contributed by atoms with Crippen LogP contribution in [0.1, 0.15) is 12.0 Å². The summed E-state index contributed by atoms with van der Waals surface area (Å²) in [6.45, 7) is 3.34. The van der Waals surface area contributed by atoms with Gasteiger partial charge in [-0.3, -0.25) is 9.20 Å². The van der Waals surface area contributed by atoms with Crippen LogP contribution in [0.15, 0.2) is 35.3 Å². The molecule has 0 aliphatic heterocycles. The summed E-state index contributed by atoms with van der Waals surface area (Å²) in [6, 6.07) is 9.90. The normalized spacial score (nSPS) is 12.3. The van der Waals surface area contributed by atoms with Crippen molar-refractivity contribution in [3.05, 3.63) is 35.9 Å². The number of guanidine groups is 1. The molecule has 1 aromatic rings. The van der Waals surface area contributed by atoms with E-state index in [1.54, 1.807) is 14.2 Å². The highest BCUT2D eigenvalue weighted by Crippen LogP contribution is 2.02. The Labute approximate surface area is 170 Å². The van der Waals surface area contributed by atoms with Crippen LogP contribution in [-0.2, 0) is 26.0 Å². The lowest BCUT2D eigenvalue weighted by Gasteiger charge is -2.12. The zero-order valence-electron chi connectivity index (χ0n) is 15.0. The Hall–Kier alpha value is -0.710. The maximum Gasteiger partial charge on any atom is 0.191 e. The molecule has 0 aliphatic carbocycles. The molecule has 144 valence electrons. The average Bonchev–Trinajstić information content (AvgIpc) is 2.60. The first kappa shape index (κ1) is 24.3. The van der Waals surface area contributed by atoms with Crippen LogP contribution in [0.5, 0.6) is 0 Å². The van der Waals surface area contributed by atoms with E-state index < -0.39 is 10.8 Å². The number of methoxy groups -OCH3 is 1. The summed E-state index contributed by atoms with van der Waals surface area (Å²) < 4.78 is 22.4. The number of aliphatic imine (C=N–C) groups is 1. The van der Waals surface area contributed by atoms with E-state index in [1.165, 1.54) is 0 Å². The molecule has 1 unspecified atom stereocenters. The van der Waals surface area contributed by atoms with Gasteiger partial charge >= 0.3 is 0 Å². The highest BCUT2D eigenvalue weighted by Gasteiger charge is 2.03. The maximum absolute atomic E-state index is 12.1. The molecule has 0 saturated carbocycles. The molecule has 6 nitrogen and oxygen atoms in total. The highest BCUT2D eigenvalue weighted by atomic mass is 127. The molecule has 25 heavy (non-hydrogen) atoms. The number of benzene rings is 1. The van der Waals surface area contributed by atoms with Gasteiger partial charge in [-0.15, -0.1) is 24.0 Å². The van der Waals surface area contributed by atoms with Gasteiger partial charge in [0.05, 0.1) is 13.2 Å². The predicted molar refractivity (Wildman–Crippen MR) is 115 cm³/mol. The van der Waals surface area contributed by atoms with Crippen molar-refractivity contribution in [2.45, 2.75) is 12.2 Å². The Morgan fingerprint density at radius 1 is 1.12 bits per heavy atom. The predicted octanol–water partition coefficient (Wildman–Crippen LogP) is 1.77. The van der Waals surface area contributed by atoms with E-state index in [2.05, 4.69) is 15.6 Å². The van der Waals surface area contributed by atoms with Gasteiger partial charge < -0.3 is 20.1 Å². The molecule has 0 saturated heterocycles. The van der Waals surface area contributed by atoms with Crippen LogP contribution in [0.4, 0.5) is 0 Å². The Morgan fingerprint density at radius 3 is 2.52 bits per heavy atom. The second-order valence-electron chi connectivity index (χ2n) is 5.16. The van der Waals surface area contributed by atoms with Crippen LogP contribution < -0.4 is 10.6 Å². The van der Waals surface area contributed by atoms with E-state index in [1.807, 2.05) is 30.3 Å². The summed E-state index contributed by atoms with van der Waals surface area (Å²) in [5, 5.41) is 6.39. The number of ether oxygens (including phenoxy) is 2. The van der Waals surface area contributed by atoms with E-state index in [-0.39, 0.29) is 24.0 Å². The SMILES string of the molecule is CN=C(NCCCOCCOC)NCCS(=O)Cc1ccccc1.I. The van der Waals surface area contributed by atoms with Gasteiger partial charge in [-0.05, 0) is 12.0 Å². The molecule has 8 heteroatoms. The van der Waals surface area contributed by atoms with Gasteiger partial charge in [-0.2, -0.15) is 0 Å². The fraction of sp³-hybridized carbons (Fsp3) is 0.588. The first-order valence-electron chi connectivity index (χ1n) is 8.16. The fourth-order valence-corrected chi connectivity index (χ4v) is 3.00. The topological polar surface area (TPSA) is 72.0 Å². The summed E-state index contributed by atoms with van der Waals surface area (Å²) >= 11 is 0. The zero-order valence-corrected chi connectivity index (χ0v) is 18.2. The highest BCUT2D eigenvalue weighted by molar-refractivity contribution is 14.0. The Bertz CT molecular complexity index is 489. The van der Waals surface area contributed by atoms with Crippen LogP contribution in [0.2, 0.25) is 0 Å². The third-order valence-corrected chi connectivity index (χ3v) is 4.52. The molecule has 0 spiro atoms. The van der Waals surface area contributed by atoms with Gasteiger partial charge in [0, 0.05) is 56.2 Å². The Balaban J connectivity index is 0.00000576. The van der Waals surface area contributed by atoms with E-state index >= 15 is 0 Å². The first-order valence-corrected chi connectivity index (χ1v) is 9.65. The summed E-state index contributed by atoms with van der Waals surface area (Å²) in [7, 11) is 2.51. The molecule has 0 heterocycles. The molecule has 1 rings (SSSR count). The molecule has 2 N–H and O–H groups in total. The van der Waals surface area contributed by atoms with Crippen LogP contribution in [0.25, 0.3) is 0 Å². The van der Waals surface area contributed by atoms with Crippen LogP contribution in [-0.4, -0.2) is 63.0 Å². The molecule has 0 aliphatic rings. The fourth-order valence-electron chi connectivity index (χ4n) is 1.96. The van der Waals surface area contributed by atoms with Gasteiger partial charge in [-0.1, -0.05) is 30.3 Å². The third-order valence-electron chi connectivity index (χ3n) is 3.21. The molecular formula is C17H30IN3O3S. The van der Waals surface area contributed by atoms with Gasteiger partial charge in [0.2, 0.25) is 0 Å². The summed E-state index contributed by atoms with van der Waals surface area (Å²) in [5.74, 6) is 1.91. The van der Waals surface area contributed by atoms with Gasteiger partial charge in [0.1, 0.15) is 0 Å². The quantitative estimate of drug-likeness (QED) is 0.205. The number of hydrogen-bond donors (Lipinski definition) is 2. The van der Waals surface area contributed by atoms with E-state index in [9.17, 15) is 4.21 Å². The minimum Gasteiger partial charge on any atom is -0.382 e. The van der Waals surface area contributed by atoms with E-state index in [0.717, 1.165) is 24.5 Å². The van der Waals surface area contributed by atoms with Crippen molar-refractivity contribution in [3.63, 3.8) is 0 Å². The minimum atomic E-state index is -0.879. The molecule has 0 radical (unpaired) electrons. The smallest absolute Gasteiger partial charge is 0.191 e. The molecule has 0 aromatic heterocycles. The largest absolute Gasteiger partial charge is 0.382 e. The maximum atomic E-state index is 12.1. The number of nitrogens with zero attached hydrogens (tertiary/aromatic N) is 1. The molecule has 0 fully saturated rings. The van der Waals surface area contributed by atoms with Crippen LogP contribution in [0.3, 0.4) is 0 Å². The zero-order chi connectivity index (χ0) is 17.5. The second kappa shape index (κ2) is 16.7. The summed E-state index contributed by atoms with van der Waals surface area (Å²) in [5.41, 5.74) is 1.10. The number of nitrogens with one attached hydrogen (secondary N) is 2. The lowest BCUT2D eigenvalue weighted by molar-refractivity contribution is 0.0698. The van der Waals surface area contributed by atoms with Crippen molar-refractivity contribution in [2.75, 3.05) is 52.8 Å². The molecule has 0 bridgehead atoms. The van der Waals surface area contributed by atoms with Gasteiger partial charge in [0.25, 0.3) is 0 Å². The minimum absolute atomic E-state index is 0. The third kappa shape index (κ3) is 13.2. The van der Waals surface area contributed by atoms with Crippen molar-refractivity contribution in [2.24, 2.45) is 4.99 Å². The molecular weight excluding hydrogens is 453 g/mol. The number of rotatable bonds is 12. The molecule has 0 amide bonds. The van der Waals surface area contributed by atoms with E-state index in [4.69, 9.17) is 9.47 Å². The molecule has 1 atom stereocenters. The average molecular weight is 483 g/mol. The molecule has 1 aromatic carbocycles. The van der Waals surface area contributed by atoms with Crippen molar-refractivity contribution in [3.8, 4) is 0 Å². The van der Waals surface area contributed by atoms with Crippen molar-refractivity contribution < 1.29 is 13.7 Å².